The van der Waals surface area contributed by atoms with Gasteiger partial charge in [-0.15, -0.1) is 0 Å². The van der Waals surface area contributed by atoms with Crippen molar-refractivity contribution in [3.8, 4) is 0 Å². The Bertz CT molecular complexity index is 467. The van der Waals surface area contributed by atoms with Gasteiger partial charge in [0.25, 0.3) is 0 Å². The molecule has 1 heterocycles. The Morgan fingerprint density at radius 2 is 1.94 bits per heavy atom. The van der Waals surface area contributed by atoms with E-state index in [4.69, 9.17) is 0 Å². The standard InChI is InChI=1S/C15H19N3/c1-2-5-14(4-1)17-15-8-6-13(7-9-15)12-18-11-3-10-16-18/h3,6-11,14,17H,1-2,4-5,12H2. The van der Waals surface area contributed by atoms with Crippen molar-refractivity contribution in [2.45, 2.75) is 38.3 Å². The molecule has 1 saturated carbocycles. The molecule has 1 aliphatic rings. The third-order valence-electron chi connectivity index (χ3n) is 3.58. The van der Waals surface area contributed by atoms with E-state index in [1.54, 1.807) is 0 Å². The van der Waals surface area contributed by atoms with Crippen molar-refractivity contribution in [3.05, 3.63) is 48.3 Å². The van der Waals surface area contributed by atoms with Crippen molar-refractivity contribution in [2.75, 3.05) is 5.32 Å². The fourth-order valence-electron chi connectivity index (χ4n) is 2.59. The average Bonchev–Trinajstić information content (AvgIpc) is 3.05. The molecule has 1 aromatic heterocycles. The summed E-state index contributed by atoms with van der Waals surface area (Å²) in [6, 6.07) is 11.4. The molecule has 1 aromatic carbocycles. The minimum Gasteiger partial charge on any atom is -0.382 e. The predicted octanol–water partition coefficient (Wildman–Crippen LogP) is 3.29. The highest BCUT2D eigenvalue weighted by atomic mass is 15.3. The molecule has 94 valence electrons. The highest BCUT2D eigenvalue weighted by Gasteiger charge is 2.13. The summed E-state index contributed by atoms with van der Waals surface area (Å²) in [7, 11) is 0. The summed E-state index contributed by atoms with van der Waals surface area (Å²) < 4.78 is 1.94. The molecule has 2 aromatic rings. The van der Waals surface area contributed by atoms with Crippen molar-refractivity contribution < 1.29 is 0 Å². The Morgan fingerprint density at radius 3 is 2.61 bits per heavy atom. The molecule has 0 saturated heterocycles. The second-order valence-electron chi connectivity index (χ2n) is 5.03. The molecule has 0 amide bonds. The largest absolute Gasteiger partial charge is 0.382 e. The molecule has 1 fully saturated rings. The lowest BCUT2D eigenvalue weighted by atomic mass is 10.2. The van der Waals surface area contributed by atoms with Gasteiger partial charge in [-0.05, 0) is 36.6 Å². The smallest absolute Gasteiger partial charge is 0.0659 e. The van der Waals surface area contributed by atoms with E-state index in [1.165, 1.54) is 36.9 Å². The molecule has 0 atom stereocenters. The van der Waals surface area contributed by atoms with Crippen LogP contribution in [0.2, 0.25) is 0 Å². The van der Waals surface area contributed by atoms with Gasteiger partial charge in [-0.25, -0.2) is 0 Å². The van der Waals surface area contributed by atoms with Gasteiger partial charge in [0.05, 0.1) is 6.54 Å². The quantitative estimate of drug-likeness (QED) is 0.890. The minimum atomic E-state index is 0.682. The molecule has 0 bridgehead atoms. The highest BCUT2D eigenvalue weighted by Crippen LogP contribution is 2.22. The van der Waals surface area contributed by atoms with E-state index in [0.717, 1.165) is 6.54 Å². The van der Waals surface area contributed by atoms with Crippen LogP contribution in [0.15, 0.2) is 42.7 Å². The third kappa shape index (κ3) is 2.73. The normalized spacial score (nSPS) is 16.0. The Labute approximate surface area is 108 Å². The molecule has 0 aliphatic heterocycles. The van der Waals surface area contributed by atoms with Crippen LogP contribution in [0.25, 0.3) is 0 Å². The Hall–Kier alpha value is -1.77. The molecule has 1 aliphatic carbocycles. The summed E-state index contributed by atoms with van der Waals surface area (Å²) in [4.78, 5) is 0. The molecule has 3 nitrogen and oxygen atoms in total. The van der Waals surface area contributed by atoms with Crippen LogP contribution < -0.4 is 5.32 Å². The van der Waals surface area contributed by atoms with Crippen LogP contribution in [-0.4, -0.2) is 15.8 Å². The van der Waals surface area contributed by atoms with Gasteiger partial charge in [0, 0.05) is 24.1 Å². The Kier molecular flexibility index (Phi) is 3.31. The molecule has 18 heavy (non-hydrogen) atoms. The van der Waals surface area contributed by atoms with Gasteiger partial charge in [-0.1, -0.05) is 25.0 Å². The monoisotopic (exact) mass is 241 g/mol. The van der Waals surface area contributed by atoms with Crippen molar-refractivity contribution in [1.29, 1.82) is 0 Å². The van der Waals surface area contributed by atoms with E-state index in [2.05, 4.69) is 34.7 Å². The van der Waals surface area contributed by atoms with Gasteiger partial charge in [0.1, 0.15) is 0 Å². The summed E-state index contributed by atoms with van der Waals surface area (Å²) in [5.41, 5.74) is 2.53. The lowest BCUT2D eigenvalue weighted by Gasteiger charge is -2.13. The topological polar surface area (TPSA) is 29.9 Å². The lowest BCUT2D eigenvalue weighted by molar-refractivity contribution is 0.687. The molecule has 1 N–H and O–H groups in total. The fourth-order valence-corrected chi connectivity index (χ4v) is 2.59. The van der Waals surface area contributed by atoms with Crippen molar-refractivity contribution in [3.63, 3.8) is 0 Å². The minimum absolute atomic E-state index is 0.682. The molecular weight excluding hydrogens is 222 g/mol. The first kappa shape index (κ1) is 11.3. The van der Waals surface area contributed by atoms with Crippen molar-refractivity contribution >= 4 is 5.69 Å². The Morgan fingerprint density at radius 1 is 1.17 bits per heavy atom. The van der Waals surface area contributed by atoms with E-state index in [0.29, 0.717) is 6.04 Å². The number of hydrogen-bond acceptors (Lipinski definition) is 2. The zero-order chi connectivity index (χ0) is 12.2. The number of benzene rings is 1. The molecule has 0 spiro atoms. The first-order valence-corrected chi connectivity index (χ1v) is 6.73. The number of aromatic nitrogens is 2. The SMILES string of the molecule is c1cnn(Cc2ccc(NC3CCCC3)cc2)c1. The van der Waals surface area contributed by atoms with Crippen LogP contribution >= 0.6 is 0 Å². The summed E-state index contributed by atoms with van der Waals surface area (Å²) in [6.45, 7) is 0.844. The zero-order valence-electron chi connectivity index (χ0n) is 10.5. The van der Waals surface area contributed by atoms with Crippen LogP contribution in [0.5, 0.6) is 0 Å². The van der Waals surface area contributed by atoms with Crippen LogP contribution in [-0.2, 0) is 6.54 Å². The molecule has 0 radical (unpaired) electrons. The van der Waals surface area contributed by atoms with E-state index in [1.807, 2.05) is 23.1 Å². The van der Waals surface area contributed by atoms with Crippen molar-refractivity contribution in [2.24, 2.45) is 0 Å². The van der Waals surface area contributed by atoms with Gasteiger partial charge in [-0.3, -0.25) is 4.68 Å². The zero-order valence-corrected chi connectivity index (χ0v) is 10.5. The average molecular weight is 241 g/mol. The van der Waals surface area contributed by atoms with Gasteiger partial charge >= 0.3 is 0 Å². The number of anilines is 1. The first-order chi connectivity index (χ1) is 8.90. The second-order valence-corrected chi connectivity index (χ2v) is 5.03. The van der Waals surface area contributed by atoms with Gasteiger partial charge in [0.2, 0.25) is 0 Å². The van der Waals surface area contributed by atoms with E-state index < -0.39 is 0 Å². The summed E-state index contributed by atoms with van der Waals surface area (Å²) in [5, 5.41) is 7.82. The van der Waals surface area contributed by atoms with Crippen LogP contribution in [0.3, 0.4) is 0 Å². The highest BCUT2D eigenvalue weighted by molar-refractivity contribution is 5.45. The first-order valence-electron chi connectivity index (χ1n) is 6.73. The molecular formula is C15H19N3. The summed E-state index contributed by atoms with van der Waals surface area (Å²) in [5.74, 6) is 0. The fraction of sp³-hybridized carbons (Fsp3) is 0.400. The van der Waals surface area contributed by atoms with Gasteiger partial charge in [-0.2, -0.15) is 5.10 Å². The number of nitrogens with one attached hydrogen (secondary N) is 1. The number of nitrogens with zero attached hydrogens (tertiary/aromatic N) is 2. The maximum atomic E-state index is 4.22. The van der Waals surface area contributed by atoms with Gasteiger partial charge in [0.15, 0.2) is 0 Å². The number of hydrogen-bond donors (Lipinski definition) is 1. The maximum Gasteiger partial charge on any atom is 0.0659 e. The third-order valence-corrected chi connectivity index (χ3v) is 3.58. The Balaban J connectivity index is 1.61. The number of rotatable bonds is 4. The van der Waals surface area contributed by atoms with E-state index >= 15 is 0 Å². The van der Waals surface area contributed by atoms with Gasteiger partial charge < -0.3 is 5.32 Å². The van der Waals surface area contributed by atoms with E-state index in [9.17, 15) is 0 Å². The molecule has 3 rings (SSSR count). The lowest BCUT2D eigenvalue weighted by Crippen LogP contribution is -2.14. The van der Waals surface area contributed by atoms with Crippen LogP contribution in [0.1, 0.15) is 31.2 Å². The van der Waals surface area contributed by atoms with Crippen LogP contribution in [0.4, 0.5) is 5.69 Å². The molecule has 3 heteroatoms. The summed E-state index contributed by atoms with van der Waals surface area (Å²) in [6.07, 6.45) is 9.18. The maximum absolute atomic E-state index is 4.22. The summed E-state index contributed by atoms with van der Waals surface area (Å²) >= 11 is 0. The predicted molar refractivity (Wildman–Crippen MR) is 73.6 cm³/mol. The second kappa shape index (κ2) is 5.25. The van der Waals surface area contributed by atoms with E-state index in [-0.39, 0.29) is 0 Å². The molecule has 0 unspecified atom stereocenters. The van der Waals surface area contributed by atoms with Crippen LogP contribution in [0, 0.1) is 0 Å². The van der Waals surface area contributed by atoms with Crippen molar-refractivity contribution in [1.82, 2.24) is 9.78 Å².